The van der Waals surface area contributed by atoms with Crippen LogP contribution in [0.1, 0.15) is 41.9 Å². The maximum atomic E-state index is 6.42. The molecule has 1 saturated heterocycles. The lowest BCUT2D eigenvalue weighted by Crippen LogP contribution is -2.39. The van der Waals surface area contributed by atoms with Gasteiger partial charge in [0.05, 0.1) is 6.61 Å². The molecule has 0 aromatic heterocycles. The molecule has 2 aromatic carbocycles. The second kappa shape index (κ2) is 7.61. The molecule has 132 valence electrons. The Morgan fingerprint density at radius 1 is 1.00 bits per heavy atom. The molecule has 0 radical (unpaired) electrons. The van der Waals surface area contributed by atoms with E-state index in [0.29, 0.717) is 11.8 Å². The number of benzene rings is 2. The summed E-state index contributed by atoms with van der Waals surface area (Å²) in [4.78, 5) is 2.45. The van der Waals surface area contributed by atoms with Crippen molar-refractivity contribution in [2.24, 2.45) is 5.92 Å². The lowest BCUT2D eigenvalue weighted by Gasteiger charge is -2.37. The Morgan fingerprint density at radius 2 is 1.84 bits per heavy atom. The lowest BCUT2D eigenvalue weighted by molar-refractivity contribution is 0.129. The van der Waals surface area contributed by atoms with E-state index >= 15 is 0 Å². The van der Waals surface area contributed by atoms with E-state index in [4.69, 9.17) is 4.74 Å². The van der Waals surface area contributed by atoms with Crippen molar-refractivity contribution in [1.29, 1.82) is 0 Å². The summed E-state index contributed by atoms with van der Waals surface area (Å²) >= 11 is 0. The van der Waals surface area contributed by atoms with Crippen LogP contribution >= 0.6 is 0 Å². The van der Waals surface area contributed by atoms with Gasteiger partial charge in [0.25, 0.3) is 0 Å². The number of nitrogens with zero attached hydrogens (tertiary/aromatic N) is 1. The molecule has 0 amide bonds. The molecule has 0 saturated carbocycles. The second-order valence-corrected chi connectivity index (χ2v) is 7.74. The Labute approximate surface area is 151 Å². The van der Waals surface area contributed by atoms with Gasteiger partial charge in [0.15, 0.2) is 0 Å². The van der Waals surface area contributed by atoms with Crippen molar-refractivity contribution >= 4 is 0 Å². The van der Waals surface area contributed by atoms with Crippen LogP contribution in [-0.2, 0) is 12.8 Å². The SMILES string of the molecule is CN1CCC(c2ccccc2)C(COc2cccc3c2CCCC3)C1. The molecule has 2 aromatic rings. The average molecular weight is 335 g/mol. The summed E-state index contributed by atoms with van der Waals surface area (Å²) in [5.41, 5.74) is 4.44. The van der Waals surface area contributed by atoms with Crippen LogP contribution in [-0.4, -0.2) is 31.6 Å². The van der Waals surface area contributed by atoms with Gasteiger partial charge in [0.2, 0.25) is 0 Å². The van der Waals surface area contributed by atoms with Gasteiger partial charge in [-0.2, -0.15) is 0 Å². The molecule has 2 atom stereocenters. The van der Waals surface area contributed by atoms with Crippen LogP contribution in [0.3, 0.4) is 0 Å². The topological polar surface area (TPSA) is 12.5 Å². The zero-order valence-corrected chi connectivity index (χ0v) is 15.3. The monoisotopic (exact) mass is 335 g/mol. The highest BCUT2D eigenvalue weighted by atomic mass is 16.5. The second-order valence-electron chi connectivity index (χ2n) is 7.74. The molecule has 0 bridgehead atoms. The van der Waals surface area contributed by atoms with Crippen molar-refractivity contribution in [2.75, 3.05) is 26.7 Å². The Balaban J connectivity index is 1.50. The number of likely N-dealkylation sites (tertiary alicyclic amines) is 1. The number of rotatable bonds is 4. The number of fused-ring (bicyclic) bond motifs is 1. The van der Waals surface area contributed by atoms with Gasteiger partial charge in [-0.05, 0) is 74.4 Å². The van der Waals surface area contributed by atoms with Crippen molar-refractivity contribution in [2.45, 2.75) is 38.0 Å². The lowest BCUT2D eigenvalue weighted by atomic mass is 9.81. The third kappa shape index (κ3) is 3.74. The van der Waals surface area contributed by atoms with E-state index < -0.39 is 0 Å². The number of hydrogen-bond acceptors (Lipinski definition) is 2. The highest BCUT2D eigenvalue weighted by Gasteiger charge is 2.29. The van der Waals surface area contributed by atoms with Crippen LogP contribution in [0.4, 0.5) is 0 Å². The smallest absolute Gasteiger partial charge is 0.122 e. The van der Waals surface area contributed by atoms with Gasteiger partial charge in [-0.1, -0.05) is 42.5 Å². The molecule has 2 aliphatic rings. The molecule has 25 heavy (non-hydrogen) atoms. The standard InChI is InChI=1S/C23H29NO/c1-24-15-14-21(18-8-3-2-4-9-18)20(16-24)17-25-23-13-7-11-19-10-5-6-12-22(19)23/h2-4,7-9,11,13,20-21H,5-6,10,12,14-17H2,1H3. The van der Waals surface area contributed by atoms with E-state index in [9.17, 15) is 0 Å². The molecule has 1 heterocycles. The highest BCUT2D eigenvalue weighted by Crippen LogP contribution is 2.34. The maximum absolute atomic E-state index is 6.42. The summed E-state index contributed by atoms with van der Waals surface area (Å²) in [6.45, 7) is 3.12. The minimum atomic E-state index is 0.556. The summed E-state index contributed by atoms with van der Waals surface area (Å²) in [5.74, 6) is 2.30. The number of piperidine rings is 1. The molecule has 4 rings (SSSR count). The van der Waals surface area contributed by atoms with E-state index in [0.717, 1.165) is 18.9 Å². The van der Waals surface area contributed by atoms with Crippen molar-refractivity contribution in [3.05, 3.63) is 65.2 Å². The first kappa shape index (κ1) is 16.7. The van der Waals surface area contributed by atoms with E-state index in [-0.39, 0.29) is 0 Å². The maximum Gasteiger partial charge on any atom is 0.122 e. The van der Waals surface area contributed by atoms with Crippen LogP contribution in [0.25, 0.3) is 0 Å². The minimum Gasteiger partial charge on any atom is -0.493 e. The molecular weight excluding hydrogens is 306 g/mol. The van der Waals surface area contributed by atoms with Crippen molar-refractivity contribution in [1.82, 2.24) is 4.90 Å². The third-order valence-corrected chi connectivity index (χ3v) is 5.97. The zero-order chi connectivity index (χ0) is 17.1. The fourth-order valence-electron chi connectivity index (χ4n) is 4.60. The quantitative estimate of drug-likeness (QED) is 0.804. The molecular formula is C23H29NO. The number of ether oxygens (including phenoxy) is 1. The molecule has 0 spiro atoms. The zero-order valence-electron chi connectivity index (χ0n) is 15.3. The average Bonchev–Trinajstić information content (AvgIpc) is 2.67. The summed E-state index contributed by atoms with van der Waals surface area (Å²) in [7, 11) is 2.23. The summed E-state index contributed by atoms with van der Waals surface area (Å²) in [6.07, 6.45) is 6.23. The summed E-state index contributed by atoms with van der Waals surface area (Å²) < 4.78 is 6.42. The normalized spacial score (nSPS) is 23.9. The molecule has 1 aliphatic carbocycles. The van der Waals surface area contributed by atoms with Crippen LogP contribution in [0, 0.1) is 5.92 Å². The van der Waals surface area contributed by atoms with Crippen molar-refractivity contribution < 1.29 is 4.74 Å². The van der Waals surface area contributed by atoms with Crippen LogP contribution in [0.2, 0.25) is 0 Å². The predicted molar refractivity (Wildman–Crippen MR) is 103 cm³/mol. The molecule has 2 unspecified atom stereocenters. The fraction of sp³-hybridized carbons (Fsp3) is 0.478. The number of aryl methyl sites for hydroxylation is 1. The molecule has 1 aliphatic heterocycles. The summed E-state index contributed by atoms with van der Waals surface area (Å²) in [6, 6.07) is 17.6. The molecule has 1 fully saturated rings. The predicted octanol–water partition coefficient (Wildman–Crippen LogP) is 4.68. The Kier molecular flexibility index (Phi) is 5.07. The van der Waals surface area contributed by atoms with Gasteiger partial charge in [0.1, 0.15) is 5.75 Å². The van der Waals surface area contributed by atoms with Gasteiger partial charge in [-0.15, -0.1) is 0 Å². The van der Waals surface area contributed by atoms with Gasteiger partial charge in [0, 0.05) is 12.5 Å². The van der Waals surface area contributed by atoms with E-state index in [2.05, 4.69) is 60.5 Å². The molecule has 2 nitrogen and oxygen atoms in total. The highest BCUT2D eigenvalue weighted by molar-refractivity contribution is 5.41. The Morgan fingerprint density at radius 3 is 2.72 bits per heavy atom. The van der Waals surface area contributed by atoms with Crippen LogP contribution in [0.15, 0.2) is 48.5 Å². The minimum absolute atomic E-state index is 0.556. The fourth-order valence-corrected chi connectivity index (χ4v) is 4.60. The van der Waals surface area contributed by atoms with E-state index in [1.807, 2.05) is 0 Å². The first-order chi connectivity index (χ1) is 12.3. The first-order valence-electron chi connectivity index (χ1n) is 9.78. The molecule has 2 heteroatoms. The molecule has 0 N–H and O–H groups in total. The first-order valence-corrected chi connectivity index (χ1v) is 9.78. The van der Waals surface area contributed by atoms with E-state index in [1.165, 1.54) is 55.3 Å². The van der Waals surface area contributed by atoms with E-state index in [1.54, 1.807) is 0 Å². The van der Waals surface area contributed by atoms with Gasteiger partial charge >= 0.3 is 0 Å². The van der Waals surface area contributed by atoms with Gasteiger partial charge < -0.3 is 9.64 Å². The largest absolute Gasteiger partial charge is 0.493 e. The van der Waals surface area contributed by atoms with Crippen LogP contribution < -0.4 is 4.74 Å². The van der Waals surface area contributed by atoms with Crippen LogP contribution in [0.5, 0.6) is 5.75 Å². The Hall–Kier alpha value is -1.80. The van der Waals surface area contributed by atoms with Gasteiger partial charge in [-0.25, -0.2) is 0 Å². The van der Waals surface area contributed by atoms with Crippen molar-refractivity contribution in [3.8, 4) is 5.75 Å². The summed E-state index contributed by atoms with van der Waals surface area (Å²) in [5, 5.41) is 0. The number of hydrogen-bond donors (Lipinski definition) is 0. The Bertz CT molecular complexity index is 696. The van der Waals surface area contributed by atoms with Gasteiger partial charge in [-0.3, -0.25) is 0 Å². The van der Waals surface area contributed by atoms with Crippen molar-refractivity contribution in [3.63, 3.8) is 0 Å². The third-order valence-electron chi connectivity index (χ3n) is 5.97.